The zero-order chi connectivity index (χ0) is 19.1. The SMILES string of the molecule is CN1CCN(C(C(=O)Nc2ccc(OCCN)cc2)c2ccccc2)CC1. The summed E-state index contributed by atoms with van der Waals surface area (Å²) >= 11 is 0. The second-order valence-corrected chi connectivity index (χ2v) is 6.80. The van der Waals surface area contributed by atoms with Crippen LogP contribution < -0.4 is 15.8 Å². The molecule has 1 amide bonds. The Bertz CT molecular complexity index is 713. The number of ether oxygens (including phenoxy) is 1. The van der Waals surface area contributed by atoms with Gasteiger partial charge in [0.25, 0.3) is 0 Å². The van der Waals surface area contributed by atoms with Crippen molar-refractivity contribution in [3.63, 3.8) is 0 Å². The van der Waals surface area contributed by atoms with Crippen molar-refractivity contribution in [2.24, 2.45) is 5.73 Å². The minimum atomic E-state index is -0.298. The molecule has 0 aromatic heterocycles. The van der Waals surface area contributed by atoms with Crippen LogP contribution >= 0.6 is 0 Å². The third-order valence-electron chi connectivity index (χ3n) is 4.78. The fourth-order valence-corrected chi connectivity index (χ4v) is 3.27. The summed E-state index contributed by atoms with van der Waals surface area (Å²) in [6, 6.07) is 17.1. The van der Waals surface area contributed by atoms with Gasteiger partial charge in [-0.25, -0.2) is 0 Å². The number of likely N-dealkylation sites (N-methyl/N-ethyl adjacent to an activating group) is 1. The van der Waals surface area contributed by atoms with E-state index in [1.807, 2.05) is 54.6 Å². The quantitative estimate of drug-likeness (QED) is 0.782. The molecule has 1 heterocycles. The maximum atomic E-state index is 13.1. The Morgan fingerprint density at radius 2 is 1.74 bits per heavy atom. The molecule has 3 N–H and O–H groups in total. The lowest BCUT2D eigenvalue weighted by Crippen LogP contribution is -2.48. The van der Waals surface area contributed by atoms with Gasteiger partial charge in [-0.2, -0.15) is 0 Å². The molecule has 2 aromatic carbocycles. The van der Waals surface area contributed by atoms with Crippen LogP contribution in [0.25, 0.3) is 0 Å². The maximum absolute atomic E-state index is 13.1. The zero-order valence-electron chi connectivity index (χ0n) is 15.8. The third-order valence-corrected chi connectivity index (χ3v) is 4.78. The van der Waals surface area contributed by atoms with E-state index in [1.165, 1.54) is 0 Å². The summed E-state index contributed by atoms with van der Waals surface area (Å²) in [5.41, 5.74) is 7.23. The molecule has 0 aliphatic carbocycles. The average molecular weight is 368 g/mol. The highest BCUT2D eigenvalue weighted by Gasteiger charge is 2.29. The first-order chi connectivity index (χ1) is 13.2. The Hall–Kier alpha value is -2.41. The van der Waals surface area contributed by atoms with E-state index >= 15 is 0 Å². The number of hydrogen-bond acceptors (Lipinski definition) is 5. The monoisotopic (exact) mass is 368 g/mol. The Morgan fingerprint density at radius 3 is 2.37 bits per heavy atom. The fourth-order valence-electron chi connectivity index (χ4n) is 3.27. The number of carbonyl (C=O) groups excluding carboxylic acids is 1. The number of nitrogens with zero attached hydrogens (tertiary/aromatic N) is 2. The standard InChI is InChI=1S/C21H28N4O2/c1-24-12-14-25(15-13-24)20(17-5-3-2-4-6-17)21(26)23-18-7-9-19(10-8-18)27-16-11-22/h2-10,20H,11-16,22H2,1H3,(H,23,26). The van der Waals surface area contributed by atoms with Crippen LogP contribution in [0.4, 0.5) is 5.69 Å². The number of anilines is 1. The lowest BCUT2D eigenvalue weighted by Gasteiger charge is -2.37. The highest BCUT2D eigenvalue weighted by molar-refractivity contribution is 5.95. The second kappa shape index (κ2) is 9.50. The Morgan fingerprint density at radius 1 is 1.07 bits per heavy atom. The molecule has 6 heteroatoms. The summed E-state index contributed by atoms with van der Waals surface area (Å²) in [5.74, 6) is 0.735. The molecule has 1 atom stereocenters. The summed E-state index contributed by atoms with van der Waals surface area (Å²) in [5, 5.41) is 3.06. The van der Waals surface area contributed by atoms with E-state index in [2.05, 4.69) is 22.2 Å². The second-order valence-electron chi connectivity index (χ2n) is 6.80. The van der Waals surface area contributed by atoms with E-state index < -0.39 is 0 Å². The summed E-state index contributed by atoms with van der Waals surface area (Å²) < 4.78 is 5.49. The van der Waals surface area contributed by atoms with Crippen molar-refractivity contribution in [3.8, 4) is 5.75 Å². The van der Waals surface area contributed by atoms with Gasteiger partial charge in [0.2, 0.25) is 5.91 Å². The van der Waals surface area contributed by atoms with Gasteiger partial charge in [0.1, 0.15) is 18.4 Å². The molecule has 1 unspecified atom stereocenters. The number of carbonyl (C=O) groups is 1. The minimum absolute atomic E-state index is 0.0126. The number of benzene rings is 2. The number of amides is 1. The normalized spacial score (nSPS) is 16.7. The molecule has 6 nitrogen and oxygen atoms in total. The summed E-state index contributed by atoms with van der Waals surface area (Å²) in [6.45, 7) is 4.62. The number of nitrogens with two attached hydrogens (primary N) is 1. The highest BCUT2D eigenvalue weighted by Crippen LogP contribution is 2.25. The molecule has 27 heavy (non-hydrogen) atoms. The Kier molecular flexibility index (Phi) is 6.81. The van der Waals surface area contributed by atoms with Gasteiger partial charge in [-0.3, -0.25) is 9.69 Å². The van der Waals surface area contributed by atoms with Crippen molar-refractivity contribution < 1.29 is 9.53 Å². The molecule has 0 bridgehead atoms. The van der Waals surface area contributed by atoms with Gasteiger partial charge in [-0.05, 0) is 36.9 Å². The van der Waals surface area contributed by atoms with Crippen molar-refractivity contribution in [1.82, 2.24) is 9.80 Å². The molecular weight excluding hydrogens is 340 g/mol. The molecular formula is C21H28N4O2. The van der Waals surface area contributed by atoms with Gasteiger partial charge >= 0.3 is 0 Å². The van der Waals surface area contributed by atoms with Gasteiger partial charge in [0.05, 0.1) is 0 Å². The molecule has 3 rings (SSSR count). The van der Waals surface area contributed by atoms with Crippen LogP contribution in [0.15, 0.2) is 54.6 Å². The first-order valence-corrected chi connectivity index (χ1v) is 9.38. The average Bonchev–Trinajstić information content (AvgIpc) is 2.70. The van der Waals surface area contributed by atoms with Gasteiger partial charge in [0.15, 0.2) is 0 Å². The smallest absolute Gasteiger partial charge is 0.246 e. The van der Waals surface area contributed by atoms with Crippen LogP contribution in [0.1, 0.15) is 11.6 Å². The summed E-state index contributed by atoms with van der Waals surface area (Å²) in [6.07, 6.45) is 0. The van der Waals surface area contributed by atoms with Crippen molar-refractivity contribution >= 4 is 11.6 Å². The highest BCUT2D eigenvalue weighted by atomic mass is 16.5. The van der Waals surface area contributed by atoms with Crippen molar-refractivity contribution in [2.45, 2.75) is 6.04 Å². The topological polar surface area (TPSA) is 70.8 Å². The zero-order valence-corrected chi connectivity index (χ0v) is 15.8. The van der Waals surface area contributed by atoms with Gasteiger partial charge in [-0.1, -0.05) is 30.3 Å². The van der Waals surface area contributed by atoms with Crippen LogP contribution in [0.2, 0.25) is 0 Å². The van der Waals surface area contributed by atoms with Gasteiger partial charge in [0, 0.05) is 38.4 Å². The molecule has 0 saturated carbocycles. The molecule has 1 saturated heterocycles. The first kappa shape index (κ1) is 19.4. The van der Waals surface area contributed by atoms with Crippen LogP contribution in [0, 0.1) is 0 Å². The predicted octanol–water partition coefficient (Wildman–Crippen LogP) is 1.95. The van der Waals surface area contributed by atoms with Crippen molar-refractivity contribution in [1.29, 1.82) is 0 Å². The van der Waals surface area contributed by atoms with E-state index in [4.69, 9.17) is 10.5 Å². The van der Waals surface area contributed by atoms with E-state index in [1.54, 1.807) is 0 Å². The van der Waals surface area contributed by atoms with Crippen LogP contribution in [0.3, 0.4) is 0 Å². The Labute approximate surface area is 160 Å². The minimum Gasteiger partial charge on any atom is -0.492 e. The Balaban J connectivity index is 1.73. The van der Waals surface area contributed by atoms with Crippen LogP contribution in [-0.2, 0) is 4.79 Å². The molecule has 2 aromatic rings. The molecule has 1 aliphatic heterocycles. The van der Waals surface area contributed by atoms with E-state index in [9.17, 15) is 4.79 Å². The first-order valence-electron chi connectivity index (χ1n) is 9.38. The lowest BCUT2D eigenvalue weighted by molar-refractivity contribution is -0.122. The predicted molar refractivity (Wildman–Crippen MR) is 108 cm³/mol. The molecule has 1 fully saturated rings. The lowest BCUT2D eigenvalue weighted by atomic mass is 10.0. The summed E-state index contributed by atoms with van der Waals surface area (Å²) in [7, 11) is 2.11. The molecule has 0 radical (unpaired) electrons. The number of rotatable bonds is 7. The summed E-state index contributed by atoms with van der Waals surface area (Å²) in [4.78, 5) is 17.7. The number of nitrogens with one attached hydrogen (secondary N) is 1. The van der Waals surface area contributed by atoms with Gasteiger partial charge < -0.3 is 20.7 Å². The fraction of sp³-hybridized carbons (Fsp3) is 0.381. The van der Waals surface area contributed by atoms with Crippen molar-refractivity contribution in [3.05, 3.63) is 60.2 Å². The van der Waals surface area contributed by atoms with Gasteiger partial charge in [-0.15, -0.1) is 0 Å². The molecule has 1 aliphatic rings. The molecule has 0 spiro atoms. The maximum Gasteiger partial charge on any atom is 0.246 e. The van der Waals surface area contributed by atoms with Crippen LogP contribution in [0.5, 0.6) is 5.75 Å². The van der Waals surface area contributed by atoms with E-state index in [0.717, 1.165) is 43.2 Å². The largest absolute Gasteiger partial charge is 0.492 e. The van der Waals surface area contributed by atoms with E-state index in [0.29, 0.717) is 13.2 Å². The third kappa shape index (κ3) is 5.29. The number of hydrogen-bond donors (Lipinski definition) is 2. The van der Waals surface area contributed by atoms with Crippen LogP contribution in [-0.4, -0.2) is 62.1 Å². The van der Waals surface area contributed by atoms with Crippen molar-refractivity contribution in [2.75, 3.05) is 51.7 Å². The van der Waals surface area contributed by atoms with E-state index in [-0.39, 0.29) is 11.9 Å². The number of piperazine rings is 1. The molecule has 144 valence electrons.